The molecule has 1 atom stereocenters. The smallest absolute Gasteiger partial charge is 0.408 e. The van der Waals surface area contributed by atoms with Gasteiger partial charge in [-0.3, -0.25) is 0 Å². The minimum atomic E-state index is -1.42. The first kappa shape index (κ1) is 15.8. The van der Waals surface area contributed by atoms with E-state index in [2.05, 4.69) is 11.9 Å². The number of hydrogen-bond acceptors (Lipinski definition) is 3. The number of carboxylic acids is 1. The summed E-state index contributed by atoms with van der Waals surface area (Å²) in [6, 6.07) is 9.16. The number of hydrogen-bond donors (Lipinski definition) is 2. The highest BCUT2D eigenvalue weighted by molar-refractivity contribution is 5.84. The van der Waals surface area contributed by atoms with Gasteiger partial charge in [-0.15, -0.1) is 6.58 Å². The average Bonchev–Trinajstić information content (AvgIpc) is 2.36. The molecule has 5 heteroatoms. The molecule has 1 unspecified atom stereocenters. The lowest BCUT2D eigenvalue weighted by molar-refractivity contribution is -0.143. The van der Waals surface area contributed by atoms with Gasteiger partial charge < -0.3 is 15.2 Å². The molecule has 0 fully saturated rings. The summed E-state index contributed by atoms with van der Waals surface area (Å²) in [5.41, 5.74) is 0.0809. The first-order valence-corrected chi connectivity index (χ1v) is 6.20. The van der Waals surface area contributed by atoms with Crippen LogP contribution in [-0.2, 0) is 16.1 Å². The third-order valence-corrected chi connectivity index (χ3v) is 2.72. The molecule has 1 rings (SSSR count). The van der Waals surface area contributed by atoms with Crippen LogP contribution in [0.2, 0.25) is 0 Å². The fourth-order valence-corrected chi connectivity index (χ4v) is 1.76. The van der Waals surface area contributed by atoms with Crippen LogP contribution < -0.4 is 5.32 Å². The molecular formula is C15H19NO4. The summed E-state index contributed by atoms with van der Waals surface area (Å²) in [6.45, 7) is 6.89. The Hall–Kier alpha value is -2.30. The minimum Gasteiger partial charge on any atom is -0.480 e. The highest BCUT2D eigenvalue weighted by Gasteiger charge is 2.35. The van der Waals surface area contributed by atoms with Crippen molar-refractivity contribution in [3.8, 4) is 0 Å². The average molecular weight is 277 g/mol. The molecule has 1 aromatic rings. The van der Waals surface area contributed by atoms with E-state index in [0.717, 1.165) is 5.56 Å². The zero-order valence-corrected chi connectivity index (χ0v) is 11.7. The summed E-state index contributed by atoms with van der Waals surface area (Å²) >= 11 is 0. The lowest BCUT2D eigenvalue weighted by Gasteiger charge is -2.25. The molecule has 0 bridgehead atoms. The Bertz CT molecular complexity index is 498. The van der Waals surface area contributed by atoms with Gasteiger partial charge >= 0.3 is 12.1 Å². The first-order valence-electron chi connectivity index (χ1n) is 6.20. The summed E-state index contributed by atoms with van der Waals surface area (Å²) in [6.07, 6.45) is -0.622. The zero-order chi connectivity index (χ0) is 15.2. The SMILES string of the molecule is C=C(C)CC(C)(NC(=O)OCc1ccccc1)C(=O)O. The maximum atomic E-state index is 11.7. The summed E-state index contributed by atoms with van der Waals surface area (Å²) in [5, 5.41) is 11.6. The molecule has 0 spiro atoms. The van der Waals surface area contributed by atoms with Crippen LogP contribution in [0.4, 0.5) is 4.79 Å². The molecule has 0 radical (unpaired) electrons. The van der Waals surface area contributed by atoms with Crippen LogP contribution in [-0.4, -0.2) is 22.7 Å². The van der Waals surface area contributed by atoms with Crippen molar-refractivity contribution in [2.24, 2.45) is 0 Å². The van der Waals surface area contributed by atoms with Crippen LogP contribution in [0.3, 0.4) is 0 Å². The predicted octanol–water partition coefficient (Wildman–Crippen LogP) is 2.72. The Morgan fingerprint density at radius 2 is 1.95 bits per heavy atom. The second-order valence-corrected chi connectivity index (χ2v) is 4.96. The highest BCUT2D eigenvalue weighted by atomic mass is 16.5. The number of amides is 1. The summed E-state index contributed by atoms with van der Waals surface area (Å²) < 4.78 is 5.01. The number of carbonyl (C=O) groups excluding carboxylic acids is 1. The van der Waals surface area contributed by atoms with E-state index in [1.807, 2.05) is 30.3 Å². The Labute approximate surface area is 118 Å². The Morgan fingerprint density at radius 3 is 2.45 bits per heavy atom. The molecule has 0 aromatic heterocycles. The van der Waals surface area contributed by atoms with Gasteiger partial charge in [-0.2, -0.15) is 0 Å². The fourth-order valence-electron chi connectivity index (χ4n) is 1.76. The lowest BCUT2D eigenvalue weighted by atomic mass is 9.94. The minimum absolute atomic E-state index is 0.0927. The highest BCUT2D eigenvalue weighted by Crippen LogP contribution is 2.16. The van der Waals surface area contributed by atoms with Gasteiger partial charge in [0.1, 0.15) is 12.1 Å². The van der Waals surface area contributed by atoms with E-state index in [1.165, 1.54) is 6.92 Å². The largest absolute Gasteiger partial charge is 0.480 e. The van der Waals surface area contributed by atoms with Gasteiger partial charge in [0, 0.05) is 6.42 Å². The Kier molecular flexibility index (Phi) is 5.32. The van der Waals surface area contributed by atoms with Crippen molar-refractivity contribution in [3.63, 3.8) is 0 Å². The molecule has 0 aliphatic carbocycles. The van der Waals surface area contributed by atoms with Crippen molar-refractivity contribution in [1.82, 2.24) is 5.32 Å². The van der Waals surface area contributed by atoms with Crippen LogP contribution in [0, 0.1) is 0 Å². The molecule has 1 aromatic carbocycles. The third-order valence-electron chi connectivity index (χ3n) is 2.72. The molecule has 0 saturated carbocycles. The molecule has 0 saturated heterocycles. The summed E-state index contributed by atoms with van der Waals surface area (Å²) in [4.78, 5) is 22.9. The van der Waals surface area contributed by atoms with Crippen molar-refractivity contribution in [2.75, 3.05) is 0 Å². The fraction of sp³-hybridized carbons (Fsp3) is 0.333. The standard InChI is InChI=1S/C15H19NO4/c1-11(2)9-15(3,13(17)18)16-14(19)20-10-12-7-5-4-6-8-12/h4-8H,1,9-10H2,2-3H3,(H,16,19)(H,17,18). The third kappa shape index (κ3) is 4.76. The van der Waals surface area contributed by atoms with Gasteiger partial charge in [-0.05, 0) is 19.4 Å². The number of carboxylic acid groups (broad SMARTS) is 1. The van der Waals surface area contributed by atoms with Crippen LogP contribution >= 0.6 is 0 Å². The molecular weight excluding hydrogens is 258 g/mol. The van der Waals surface area contributed by atoms with Crippen LogP contribution in [0.15, 0.2) is 42.5 Å². The monoisotopic (exact) mass is 277 g/mol. The summed E-state index contributed by atoms with van der Waals surface area (Å²) in [5.74, 6) is -1.13. The first-order chi connectivity index (χ1) is 9.33. The van der Waals surface area contributed by atoms with E-state index >= 15 is 0 Å². The molecule has 108 valence electrons. The number of carbonyl (C=O) groups is 2. The molecule has 2 N–H and O–H groups in total. The quantitative estimate of drug-likeness (QED) is 0.784. The number of alkyl carbamates (subject to hydrolysis) is 1. The number of rotatable bonds is 6. The zero-order valence-electron chi connectivity index (χ0n) is 11.7. The van der Waals surface area contributed by atoms with Gasteiger partial charge in [0.05, 0.1) is 0 Å². The lowest BCUT2D eigenvalue weighted by Crippen LogP contribution is -2.52. The van der Waals surface area contributed by atoms with Crippen LogP contribution in [0.1, 0.15) is 25.8 Å². The van der Waals surface area contributed by atoms with Crippen molar-refractivity contribution < 1.29 is 19.4 Å². The van der Waals surface area contributed by atoms with Crippen molar-refractivity contribution >= 4 is 12.1 Å². The van der Waals surface area contributed by atoms with E-state index in [0.29, 0.717) is 5.57 Å². The van der Waals surface area contributed by atoms with Gasteiger partial charge in [0.25, 0.3) is 0 Å². The van der Waals surface area contributed by atoms with E-state index in [-0.39, 0.29) is 13.0 Å². The van der Waals surface area contributed by atoms with Crippen molar-refractivity contribution in [2.45, 2.75) is 32.4 Å². The maximum absolute atomic E-state index is 11.7. The molecule has 20 heavy (non-hydrogen) atoms. The number of nitrogens with one attached hydrogen (secondary N) is 1. The van der Waals surface area contributed by atoms with Crippen molar-refractivity contribution in [1.29, 1.82) is 0 Å². The molecule has 5 nitrogen and oxygen atoms in total. The van der Waals surface area contributed by atoms with E-state index < -0.39 is 17.6 Å². The van der Waals surface area contributed by atoms with Gasteiger partial charge in [0.15, 0.2) is 0 Å². The summed E-state index contributed by atoms with van der Waals surface area (Å²) in [7, 11) is 0. The molecule has 1 amide bonds. The number of ether oxygens (including phenoxy) is 1. The second-order valence-electron chi connectivity index (χ2n) is 4.96. The normalized spacial score (nSPS) is 13.1. The maximum Gasteiger partial charge on any atom is 0.408 e. The molecule has 0 heterocycles. The number of benzene rings is 1. The predicted molar refractivity (Wildman–Crippen MR) is 75.2 cm³/mol. The van der Waals surface area contributed by atoms with E-state index in [9.17, 15) is 14.7 Å². The van der Waals surface area contributed by atoms with E-state index in [4.69, 9.17) is 4.74 Å². The van der Waals surface area contributed by atoms with Gasteiger partial charge in [-0.1, -0.05) is 35.9 Å². The van der Waals surface area contributed by atoms with Crippen LogP contribution in [0.25, 0.3) is 0 Å². The van der Waals surface area contributed by atoms with Gasteiger partial charge in [-0.25, -0.2) is 9.59 Å². The Morgan fingerprint density at radius 1 is 1.35 bits per heavy atom. The van der Waals surface area contributed by atoms with Crippen LogP contribution in [0.5, 0.6) is 0 Å². The molecule has 0 aliphatic heterocycles. The number of aliphatic carboxylic acids is 1. The van der Waals surface area contributed by atoms with E-state index in [1.54, 1.807) is 6.92 Å². The topological polar surface area (TPSA) is 75.6 Å². The Balaban J connectivity index is 2.59. The molecule has 0 aliphatic rings. The van der Waals surface area contributed by atoms with Gasteiger partial charge in [0.2, 0.25) is 0 Å². The van der Waals surface area contributed by atoms with Crippen molar-refractivity contribution in [3.05, 3.63) is 48.0 Å². The second kappa shape index (κ2) is 6.75.